The van der Waals surface area contributed by atoms with E-state index in [0.717, 1.165) is 19.4 Å². The van der Waals surface area contributed by atoms with Gasteiger partial charge in [-0.15, -0.1) is 0 Å². The van der Waals surface area contributed by atoms with Gasteiger partial charge in [0.05, 0.1) is 10.7 Å². The Bertz CT molecular complexity index is 475. The number of hydrogen-bond acceptors (Lipinski definition) is 2. The minimum atomic E-state index is -0.439. The van der Waals surface area contributed by atoms with Crippen LogP contribution in [0.3, 0.4) is 0 Å². The Morgan fingerprint density at radius 3 is 2.95 bits per heavy atom. The van der Waals surface area contributed by atoms with Crippen LogP contribution >= 0.6 is 27.5 Å². The number of anilines is 1. The standard InChI is InChI=1S/C13H15BrClFN2O/c1-7-4-8(2-3-17-7)13(19)18-12-10(14)5-9(16)6-11(12)15/h5-8,17H,2-4H2,1H3,(H,18,19). The maximum Gasteiger partial charge on any atom is 0.227 e. The van der Waals surface area contributed by atoms with E-state index in [-0.39, 0.29) is 16.8 Å². The first-order chi connectivity index (χ1) is 8.97. The zero-order chi connectivity index (χ0) is 14.0. The molecule has 0 bridgehead atoms. The maximum atomic E-state index is 13.1. The van der Waals surface area contributed by atoms with Crippen molar-refractivity contribution in [3.63, 3.8) is 0 Å². The van der Waals surface area contributed by atoms with E-state index in [1.54, 1.807) is 0 Å². The van der Waals surface area contributed by atoms with Gasteiger partial charge in [-0.3, -0.25) is 4.79 Å². The molecule has 104 valence electrons. The fourth-order valence-corrected chi connectivity index (χ4v) is 3.16. The highest BCUT2D eigenvalue weighted by Crippen LogP contribution is 2.32. The zero-order valence-corrected chi connectivity index (χ0v) is 12.8. The van der Waals surface area contributed by atoms with Crippen molar-refractivity contribution in [3.8, 4) is 0 Å². The summed E-state index contributed by atoms with van der Waals surface area (Å²) in [6, 6.07) is 2.80. The largest absolute Gasteiger partial charge is 0.324 e. The number of nitrogens with one attached hydrogen (secondary N) is 2. The Morgan fingerprint density at radius 2 is 2.32 bits per heavy atom. The topological polar surface area (TPSA) is 41.1 Å². The summed E-state index contributed by atoms with van der Waals surface area (Å²) < 4.78 is 13.6. The van der Waals surface area contributed by atoms with Gasteiger partial charge < -0.3 is 10.6 Å². The summed E-state index contributed by atoms with van der Waals surface area (Å²) in [5.74, 6) is -0.544. The number of carbonyl (C=O) groups is 1. The van der Waals surface area contributed by atoms with Gasteiger partial charge in [0.25, 0.3) is 0 Å². The second kappa shape index (κ2) is 6.20. The Balaban J connectivity index is 2.10. The molecule has 1 aliphatic rings. The molecule has 19 heavy (non-hydrogen) atoms. The van der Waals surface area contributed by atoms with Crippen molar-refractivity contribution in [3.05, 3.63) is 27.4 Å². The third-order valence-electron chi connectivity index (χ3n) is 3.25. The Hall–Kier alpha value is -0.650. The molecular formula is C13H15BrClFN2O. The molecule has 1 heterocycles. The van der Waals surface area contributed by atoms with Crippen molar-refractivity contribution >= 4 is 39.1 Å². The monoisotopic (exact) mass is 348 g/mol. The van der Waals surface area contributed by atoms with E-state index in [1.807, 2.05) is 0 Å². The van der Waals surface area contributed by atoms with Crippen LogP contribution in [0.4, 0.5) is 10.1 Å². The van der Waals surface area contributed by atoms with E-state index in [9.17, 15) is 9.18 Å². The minimum absolute atomic E-state index is 0.0377. The van der Waals surface area contributed by atoms with Crippen LogP contribution in [0.25, 0.3) is 0 Å². The molecule has 1 amide bonds. The van der Waals surface area contributed by atoms with Gasteiger partial charge in [-0.2, -0.15) is 0 Å². The second-order valence-electron chi connectivity index (χ2n) is 4.81. The van der Waals surface area contributed by atoms with Gasteiger partial charge in [0.2, 0.25) is 5.91 Å². The van der Waals surface area contributed by atoms with Gasteiger partial charge in [-0.1, -0.05) is 11.6 Å². The minimum Gasteiger partial charge on any atom is -0.324 e. The maximum absolute atomic E-state index is 13.1. The summed E-state index contributed by atoms with van der Waals surface area (Å²) >= 11 is 9.16. The number of halogens is 3. The number of amides is 1. The lowest BCUT2D eigenvalue weighted by Crippen LogP contribution is -2.40. The lowest BCUT2D eigenvalue weighted by molar-refractivity contribution is -0.120. The van der Waals surface area contributed by atoms with E-state index in [0.29, 0.717) is 16.2 Å². The first-order valence-corrected chi connectivity index (χ1v) is 7.33. The fraction of sp³-hybridized carbons (Fsp3) is 0.462. The Kier molecular flexibility index (Phi) is 4.81. The lowest BCUT2D eigenvalue weighted by atomic mass is 9.92. The third kappa shape index (κ3) is 3.68. The van der Waals surface area contributed by atoms with Crippen molar-refractivity contribution in [2.24, 2.45) is 5.92 Å². The van der Waals surface area contributed by atoms with Gasteiger partial charge in [-0.05, 0) is 54.4 Å². The van der Waals surface area contributed by atoms with E-state index in [1.165, 1.54) is 12.1 Å². The molecule has 3 nitrogen and oxygen atoms in total. The normalized spacial score (nSPS) is 23.2. The van der Waals surface area contributed by atoms with Crippen LogP contribution in [0.2, 0.25) is 5.02 Å². The molecule has 2 unspecified atom stereocenters. The number of hydrogen-bond donors (Lipinski definition) is 2. The van der Waals surface area contributed by atoms with Crippen molar-refractivity contribution in [2.45, 2.75) is 25.8 Å². The summed E-state index contributed by atoms with van der Waals surface area (Å²) in [6.45, 7) is 2.89. The quantitative estimate of drug-likeness (QED) is 0.857. The van der Waals surface area contributed by atoms with Crippen molar-refractivity contribution in [2.75, 3.05) is 11.9 Å². The molecule has 1 fully saturated rings. The van der Waals surface area contributed by atoms with Gasteiger partial charge >= 0.3 is 0 Å². The second-order valence-corrected chi connectivity index (χ2v) is 6.07. The predicted molar refractivity (Wildman–Crippen MR) is 77.9 cm³/mol. The van der Waals surface area contributed by atoms with Gasteiger partial charge in [-0.25, -0.2) is 4.39 Å². The van der Waals surface area contributed by atoms with Gasteiger partial charge in [0, 0.05) is 16.4 Å². The summed E-state index contributed by atoms with van der Waals surface area (Å²) in [5, 5.41) is 6.28. The SMILES string of the molecule is CC1CC(C(=O)Nc2c(Cl)cc(F)cc2Br)CCN1. The molecule has 6 heteroatoms. The molecule has 2 rings (SSSR count). The van der Waals surface area contributed by atoms with Crippen LogP contribution in [0.1, 0.15) is 19.8 Å². The molecule has 0 radical (unpaired) electrons. The summed E-state index contributed by atoms with van der Waals surface area (Å²) in [7, 11) is 0. The van der Waals surface area contributed by atoms with Crippen LogP contribution in [-0.4, -0.2) is 18.5 Å². The third-order valence-corrected chi connectivity index (χ3v) is 4.17. The number of piperidine rings is 1. The molecule has 1 aromatic carbocycles. The smallest absolute Gasteiger partial charge is 0.227 e. The molecule has 1 saturated heterocycles. The first-order valence-electron chi connectivity index (χ1n) is 6.16. The first kappa shape index (κ1) is 14.8. The van der Waals surface area contributed by atoms with E-state index < -0.39 is 5.82 Å². The molecule has 0 saturated carbocycles. The summed E-state index contributed by atoms with van der Waals surface area (Å²) in [4.78, 5) is 12.2. The average Bonchev–Trinajstić information content (AvgIpc) is 2.33. The van der Waals surface area contributed by atoms with Crippen LogP contribution in [0.5, 0.6) is 0 Å². The summed E-state index contributed by atoms with van der Waals surface area (Å²) in [6.07, 6.45) is 1.59. The molecule has 1 aromatic rings. The molecular weight excluding hydrogens is 335 g/mol. The van der Waals surface area contributed by atoms with Gasteiger partial charge in [0.1, 0.15) is 5.82 Å². The van der Waals surface area contributed by atoms with Crippen LogP contribution < -0.4 is 10.6 Å². The average molecular weight is 350 g/mol. The zero-order valence-electron chi connectivity index (χ0n) is 10.5. The van der Waals surface area contributed by atoms with Crippen molar-refractivity contribution in [1.82, 2.24) is 5.32 Å². The van der Waals surface area contributed by atoms with Crippen LogP contribution in [-0.2, 0) is 4.79 Å². The lowest BCUT2D eigenvalue weighted by Gasteiger charge is -2.27. The molecule has 0 aliphatic carbocycles. The fourth-order valence-electron chi connectivity index (χ4n) is 2.26. The van der Waals surface area contributed by atoms with Crippen LogP contribution in [0, 0.1) is 11.7 Å². The summed E-state index contributed by atoms with van der Waals surface area (Å²) in [5.41, 5.74) is 0.430. The predicted octanol–water partition coefficient (Wildman–Crippen LogP) is 3.57. The van der Waals surface area contributed by atoms with Gasteiger partial charge in [0.15, 0.2) is 0 Å². The van der Waals surface area contributed by atoms with E-state index in [4.69, 9.17) is 11.6 Å². The molecule has 2 atom stereocenters. The number of carbonyl (C=O) groups excluding carboxylic acids is 1. The highest BCUT2D eigenvalue weighted by Gasteiger charge is 2.25. The Labute approximate surface area is 125 Å². The highest BCUT2D eigenvalue weighted by molar-refractivity contribution is 9.10. The Morgan fingerprint density at radius 1 is 1.58 bits per heavy atom. The number of rotatable bonds is 2. The van der Waals surface area contributed by atoms with E-state index >= 15 is 0 Å². The van der Waals surface area contributed by atoms with Crippen molar-refractivity contribution in [1.29, 1.82) is 0 Å². The van der Waals surface area contributed by atoms with Crippen LogP contribution in [0.15, 0.2) is 16.6 Å². The molecule has 2 N–H and O–H groups in total. The highest BCUT2D eigenvalue weighted by atomic mass is 79.9. The molecule has 1 aliphatic heterocycles. The van der Waals surface area contributed by atoms with E-state index in [2.05, 4.69) is 33.5 Å². The molecule has 0 aromatic heterocycles. The molecule has 0 spiro atoms. The van der Waals surface area contributed by atoms with Crippen molar-refractivity contribution < 1.29 is 9.18 Å². The number of benzene rings is 1.